The van der Waals surface area contributed by atoms with Crippen molar-refractivity contribution in [2.24, 2.45) is 5.14 Å². The number of allylic oxidation sites excluding steroid dienone is 1. The van der Waals surface area contributed by atoms with E-state index in [9.17, 15) is 22.0 Å². The van der Waals surface area contributed by atoms with Crippen LogP contribution < -0.4 is 9.88 Å². The Morgan fingerprint density at radius 2 is 1.60 bits per heavy atom. The average Bonchev–Trinajstić information content (AvgIpc) is 2.72. The highest BCUT2D eigenvalue weighted by atomic mass is 32.2. The molecule has 1 unspecified atom stereocenters. The van der Waals surface area contributed by atoms with Crippen LogP contribution in [0.25, 0.3) is 11.3 Å². The Labute approximate surface area is 171 Å². The number of aldehydes is 1. The number of primary sulfonamides is 1. The predicted molar refractivity (Wildman–Crippen MR) is 107 cm³/mol. The SMILES string of the molecule is NS(=O)(=O)c1ccc(C2=C(c3cccc(F)c3)C(C=O)c3cc(F)ccc3O2)cc1. The van der Waals surface area contributed by atoms with E-state index in [1.165, 1.54) is 60.7 Å². The van der Waals surface area contributed by atoms with Crippen LogP contribution in [0.3, 0.4) is 0 Å². The number of hydrogen-bond donors (Lipinski definition) is 1. The van der Waals surface area contributed by atoms with Crippen molar-refractivity contribution in [3.8, 4) is 5.75 Å². The van der Waals surface area contributed by atoms with Gasteiger partial charge in [0.2, 0.25) is 10.0 Å². The van der Waals surface area contributed by atoms with Crippen molar-refractivity contribution >= 4 is 27.6 Å². The molecule has 3 aromatic rings. The van der Waals surface area contributed by atoms with E-state index < -0.39 is 27.6 Å². The third-order valence-corrected chi connectivity index (χ3v) is 5.72. The van der Waals surface area contributed by atoms with Crippen molar-refractivity contribution in [3.63, 3.8) is 0 Å². The average molecular weight is 427 g/mol. The molecular formula is C22H15F2NO4S. The quantitative estimate of drug-likeness (QED) is 0.641. The molecule has 0 fully saturated rings. The van der Waals surface area contributed by atoms with Gasteiger partial charge in [0.1, 0.15) is 29.4 Å². The molecular weight excluding hydrogens is 412 g/mol. The molecule has 1 atom stereocenters. The minimum Gasteiger partial charge on any atom is -0.456 e. The van der Waals surface area contributed by atoms with E-state index in [2.05, 4.69) is 0 Å². The monoisotopic (exact) mass is 427 g/mol. The first-order valence-corrected chi connectivity index (χ1v) is 10.4. The van der Waals surface area contributed by atoms with E-state index in [4.69, 9.17) is 9.88 Å². The summed E-state index contributed by atoms with van der Waals surface area (Å²) in [7, 11) is -3.89. The summed E-state index contributed by atoms with van der Waals surface area (Å²) in [5.41, 5.74) is 1.48. The van der Waals surface area contributed by atoms with Gasteiger partial charge >= 0.3 is 0 Å². The first-order valence-electron chi connectivity index (χ1n) is 8.84. The van der Waals surface area contributed by atoms with Crippen molar-refractivity contribution in [2.45, 2.75) is 10.8 Å². The Hall–Kier alpha value is -3.36. The summed E-state index contributed by atoms with van der Waals surface area (Å²) in [5.74, 6) is -1.46. The number of ether oxygens (including phenoxy) is 1. The number of sulfonamides is 1. The minimum atomic E-state index is -3.89. The summed E-state index contributed by atoms with van der Waals surface area (Å²) in [6.45, 7) is 0. The van der Waals surface area contributed by atoms with Gasteiger partial charge < -0.3 is 9.53 Å². The predicted octanol–water partition coefficient (Wildman–Crippen LogP) is 3.86. The number of halogens is 2. The maximum absolute atomic E-state index is 13.9. The van der Waals surface area contributed by atoms with E-state index >= 15 is 0 Å². The fourth-order valence-electron chi connectivity index (χ4n) is 3.44. The molecule has 0 bridgehead atoms. The molecule has 3 aromatic carbocycles. The molecule has 0 spiro atoms. The molecule has 152 valence electrons. The van der Waals surface area contributed by atoms with Gasteiger partial charge in [-0.05, 0) is 60.2 Å². The Balaban J connectivity index is 1.97. The lowest BCUT2D eigenvalue weighted by Gasteiger charge is -2.28. The van der Waals surface area contributed by atoms with Crippen molar-refractivity contribution in [2.75, 3.05) is 0 Å². The van der Waals surface area contributed by atoms with Crippen LogP contribution in [0.15, 0.2) is 71.6 Å². The van der Waals surface area contributed by atoms with Gasteiger partial charge in [-0.15, -0.1) is 0 Å². The highest BCUT2D eigenvalue weighted by Gasteiger charge is 2.32. The zero-order valence-electron chi connectivity index (χ0n) is 15.4. The summed E-state index contributed by atoms with van der Waals surface area (Å²) in [4.78, 5) is 12.0. The maximum atomic E-state index is 13.9. The van der Waals surface area contributed by atoms with E-state index in [1.807, 2.05) is 0 Å². The first kappa shape index (κ1) is 19.9. The van der Waals surface area contributed by atoms with Gasteiger partial charge in [0.15, 0.2) is 0 Å². The van der Waals surface area contributed by atoms with Gasteiger partial charge in [0.05, 0.1) is 10.8 Å². The molecule has 0 amide bonds. The second kappa shape index (κ2) is 7.47. The number of benzene rings is 3. The van der Waals surface area contributed by atoms with E-state index in [-0.39, 0.29) is 16.4 Å². The molecule has 0 aliphatic carbocycles. The molecule has 30 heavy (non-hydrogen) atoms. The van der Waals surface area contributed by atoms with E-state index in [0.717, 1.165) is 0 Å². The molecule has 0 aromatic heterocycles. The lowest BCUT2D eigenvalue weighted by Crippen LogP contribution is -2.16. The van der Waals surface area contributed by atoms with Gasteiger partial charge in [-0.2, -0.15) is 0 Å². The number of hydrogen-bond acceptors (Lipinski definition) is 4. The van der Waals surface area contributed by atoms with Crippen LogP contribution in [0.1, 0.15) is 22.6 Å². The largest absolute Gasteiger partial charge is 0.456 e. The maximum Gasteiger partial charge on any atom is 0.238 e. The second-order valence-electron chi connectivity index (χ2n) is 6.72. The number of carbonyl (C=O) groups is 1. The van der Waals surface area contributed by atoms with Crippen molar-refractivity contribution in [1.29, 1.82) is 0 Å². The highest BCUT2D eigenvalue weighted by Crippen LogP contribution is 2.46. The van der Waals surface area contributed by atoms with Gasteiger partial charge in [-0.1, -0.05) is 12.1 Å². The Morgan fingerprint density at radius 1 is 0.900 bits per heavy atom. The van der Waals surface area contributed by atoms with Crippen LogP contribution in [-0.2, 0) is 14.8 Å². The van der Waals surface area contributed by atoms with Gasteiger partial charge in [0, 0.05) is 16.7 Å². The van der Waals surface area contributed by atoms with Gasteiger partial charge in [-0.25, -0.2) is 22.3 Å². The van der Waals surface area contributed by atoms with Crippen LogP contribution in [0.2, 0.25) is 0 Å². The summed E-state index contributed by atoms with van der Waals surface area (Å²) < 4.78 is 56.9. The molecule has 1 aliphatic heterocycles. The Morgan fingerprint density at radius 3 is 2.23 bits per heavy atom. The standard InChI is InChI=1S/C22H15F2NO4S/c23-15-3-1-2-14(10-15)21-19(12-26)18-11-16(24)6-9-20(18)29-22(21)13-4-7-17(8-5-13)30(25,27)28/h1-12,19H,(H2,25,27,28). The van der Waals surface area contributed by atoms with Gasteiger partial charge in [0.25, 0.3) is 0 Å². The zero-order valence-corrected chi connectivity index (χ0v) is 16.2. The van der Waals surface area contributed by atoms with Crippen molar-refractivity contribution in [1.82, 2.24) is 0 Å². The molecule has 0 radical (unpaired) electrons. The smallest absolute Gasteiger partial charge is 0.238 e. The van der Waals surface area contributed by atoms with Gasteiger partial charge in [-0.3, -0.25) is 0 Å². The topological polar surface area (TPSA) is 86.5 Å². The highest BCUT2D eigenvalue weighted by molar-refractivity contribution is 7.89. The van der Waals surface area contributed by atoms with E-state index in [1.54, 1.807) is 6.07 Å². The Bertz CT molecular complexity index is 1280. The third-order valence-electron chi connectivity index (χ3n) is 4.79. The van der Waals surface area contributed by atoms with Crippen LogP contribution in [-0.4, -0.2) is 14.7 Å². The second-order valence-corrected chi connectivity index (χ2v) is 8.28. The lowest BCUT2D eigenvalue weighted by molar-refractivity contribution is -0.108. The fourth-order valence-corrected chi connectivity index (χ4v) is 3.95. The van der Waals surface area contributed by atoms with Crippen molar-refractivity contribution < 1.29 is 26.7 Å². The van der Waals surface area contributed by atoms with Crippen molar-refractivity contribution in [3.05, 3.63) is 95.1 Å². The number of carbonyl (C=O) groups excluding carboxylic acids is 1. The Kier molecular flexibility index (Phi) is 4.97. The number of fused-ring (bicyclic) bond motifs is 1. The molecule has 4 rings (SSSR count). The van der Waals surface area contributed by atoms with Crippen LogP contribution in [0.4, 0.5) is 8.78 Å². The molecule has 1 heterocycles. The molecule has 1 aliphatic rings. The molecule has 5 nitrogen and oxygen atoms in total. The zero-order chi connectivity index (χ0) is 21.5. The molecule has 2 N–H and O–H groups in total. The molecule has 8 heteroatoms. The number of nitrogens with two attached hydrogens (primary N) is 1. The number of rotatable bonds is 4. The lowest BCUT2D eigenvalue weighted by atomic mass is 9.83. The molecule has 0 saturated heterocycles. The molecule has 0 saturated carbocycles. The first-order chi connectivity index (χ1) is 14.3. The summed E-state index contributed by atoms with van der Waals surface area (Å²) in [5, 5.41) is 5.15. The summed E-state index contributed by atoms with van der Waals surface area (Å²) in [6, 6.07) is 15.0. The summed E-state index contributed by atoms with van der Waals surface area (Å²) in [6.07, 6.45) is 0.639. The minimum absolute atomic E-state index is 0.0932. The normalized spacial score (nSPS) is 16.0. The van der Waals surface area contributed by atoms with Crippen LogP contribution in [0.5, 0.6) is 5.75 Å². The third kappa shape index (κ3) is 3.62. The van der Waals surface area contributed by atoms with Crippen LogP contribution >= 0.6 is 0 Å². The summed E-state index contributed by atoms with van der Waals surface area (Å²) >= 11 is 0. The fraction of sp³-hybridized carbons (Fsp3) is 0.0455. The van der Waals surface area contributed by atoms with Crippen LogP contribution in [0, 0.1) is 11.6 Å². The van der Waals surface area contributed by atoms with E-state index in [0.29, 0.717) is 28.5 Å².